The van der Waals surface area contributed by atoms with Crippen LogP contribution in [0.2, 0.25) is 0 Å². The molecule has 5 heteroatoms. The van der Waals surface area contributed by atoms with Gasteiger partial charge in [-0.05, 0) is 0 Å². The number of pyridine rings is 1. The Morgan fingerprint density at radius 2 is 1.50 bits per heavy atom. The van der Waals surface area contributed by atoms with Crippen LogP contribution in [0, 0.1) is 0 Å². The van der Waals surface area contributed by atoms with Gasteiger partial charge in [-0.15, -0.1) is 0 Å². The normalized spacial score (nSPS) is 7.30. The molecule has 0 saturated carbocycles. The average Bonchev–Trinajstić information content (AvgIpc) is 1.90. The molecule has 10 heavy (non-hydrogen) atoms. The minimum absolute atomic E-state index is 1.88. The molecule has 1 rings (SSSR count). The van der Waals surface area contributed by atoms with Gasteiger partial charge < -0.3 is 0 Å². The molecule has 1 aromatic heterocycles. The number of aromatic amines is 1. The molecule has 0 bridgehead atoms. The second-order valence-electron chi connectivity index (χ2n) is 1.30. The van der Waals surface area contributed by atoms with Crippen molar-refractivity contribution in [3.8, 4) is 0 Å². The van der Waals surface area contributed by atoms with Crippen molar-refractivity contribution in [1.29, 1.82) is 0 Å². The summed E-state index contributed by atoms with van der Waals surface area (Å²) in [4.78, 5) is 2.89. The van der Waals surface area contributed by atoms with E-state index in [1.165, 1.54) is 0 Å². The van der Waals surface area contributed by atoms with Crippen molar-refractivity contribution in [1.82, 2.24) is 0 Å². The molecule has 0 aromatic carbocycles. The van der Waals surface area contributed by atoms with Gasteiger partial charge in [-0.25, -0.2) is 4.98 Å². The fourth-order valence-electron chi connectivity index (χ4n) is 0.342. The second kappa shape index (κ2) is 6.41. The van der Waals surface area contributed by atoms with Crippen LogP contribution in [-0.4, -0.2) is 0 Å². The Morgan fingerprint density at radius 3 is 1.60 bits per heavy atom. The van der Waals surface area contributed by atoms with Crippen LogP contribution < -0.4 is 9.02 Å². The van der Waals surface area contributed by atoms with Gasteiger partial charge in [-0.2, -0.15) is 0 Å². The summed E-state index contributed by atoms with van der Waals surface area (Å²) >= 11 is -3.94. The third-order valence-electron chi connectivity index (χ3n) is 0.607. The fraction of sp³-hybridized carbons (Fsp3) is 0. The largest absolute Gasteiger partial charge is 0.218 e. The summed E-state index contributed by atoms with van der Waals surface area (Å²) in [7, 11) is 0. The first-order valence-corrected chi connectivity index (χ1v) is 4.17. The predicted octanol–water partition coefficient (Wildman–Crippen LogP) is -0.928. The zero-order valence-corrected chi connectivity index (χ0v) is 6.46. The maximum Gasteiger partial charge on any atom is 0.166 e. The molecule has 0 aliphatic carbocycles. The second-order valence-corrected chi connectivity index (χ2v) is 2.00. The molecule has 0 radical (unpaired) electrons. The van der Waals surface area contributed by atoms with Crippen LogP contribution in [0.25, 0.3) is 0 Å². The Bertz CT molecular complexity index is 187. The number of H-pyrrole nitrogens is 1. The molecule has 0 spiro atoms. The Kier molecular flexibility index (Phi) is 5.96. The molecule has 0 aliphatic rings. The third-order valence-corrected chi connectivity index (χ3v) is 0.607. The topological polar surface area (TPSA) is 71.3 Å². The van der Waals surface area contributed by atoms with Crippen molar-refractivity contribution in [2.75, 3.05) is 0 Å². The molecule has 4 nitrogen and oxygen atoms in total. The van der Waals surface area contributed by atoms with Crippen LogP contribution in [-0.2, 0) is 22.7 Å². The Morgan fingerprint density at radius 1 is 1.10 bits per heavy atom. The molecule has 0 unspecified atom stereocenters. The van der Waals surface area contributed by atoms with E-state index in [-0.39, 0.29) is 0 Å². The minimum atomic E-state index is -3.94. The molecule has 0 aliphatic heterocycles. The van der Waals surface area contributed by atoms with E-state index in [9.17, 15) is 0 Å². The Balaban J connectivity index is 0.000000180. The maximum atomic E-state index is 8.56. The standard InChI is InChI=1S/C5H5N.3O.V/c1-2-4-6-5-3-1;;;;/h1-5H;;;;/q;;;-1;/p+1. The van der Waals surface area contributed by atoms with Crippen LogP contribution in [0.1, 0.15) is 0 Å². The Labute approximate surface area is 62.9 Å². The third kappa shape index (κ3) is 10.3. The first-order valence-electron chi connectivity index (χ1n) is 2.46. The predicted molar refractivity (Wildman–Crippen MR) is 24.4 cm³/mol. The zero-order chi connectivity index (χ0) is 7.82. The van der Waals surface area contributed by atoms with Crippen molar-refractivity contribution in [2.45, 2.75) is 0 Å². The smallest absolute Gasteiger partial charge is 0.166 e. The van der Waals surface area contributed by atoms with Crippen molar-refractivity contribution in [3.05, 3.63) is 30.6 Å². The van der Waals surface area contributed by atoms with E-state index in [2.05, 4.69) is 4.98 Å². The van der Waals surface area contributed by atoms with Gasteiger partial charge in [0.2, 0.25) is 0 Å². The maximum absolute atomic E-state index is 8.56. The van der Waals surface area contributed by atoms with Crippen LogP contribution >= 0.6 is 0 Å². The summed E-state index contributed by atoms with van der Waals surface area (Å²) in [5.74, 6) is 0. The molecule has 54 valence electrons. The van der Waals surface area contributed by atoms with Gasteiger partial charge in [-0.1, -0.05) is 6.07 Å². The zero-order valence-electron chi connectivity index (χ0n) is 5.06. The summed E-state index contributed by atoms with van der Waals surface area (Å²) in [6.45, 7) is 0. The molecule has 1 heterocycles. The number of rotatable bonds is 0. The summed E-state index contributed by atoms with van der Waals surface area (Å²) in [5, 5.41) is 0. The summed E-state index contributed by atoms with van der Waals surface area (Å²) in [6.07, 6.45) is 3.75. The van der Waals surface area contributed by atoms with Gasteiger partial charge in [-0.3, -0.25) is 0 Å². The van der Waals surface area contributed by atoms with Crippen molar-refractivity contribution in [2.24, 2.45) is 0 Å². The van der Waals surface area contributed by atoms with Gasteiger partial charge in [0.05, 0.1) is 0 Å². The van der Waals surface area contributed by atoms with Gasteiger partial charge in [0, 0.05) is 12.1 Å². The van der Waals surface area contributed by atoms with Crippen molar-refractivity contribution < 1.29 is 31.8 Å². The molecule has 1 N–H and O–H groups in total. The number of nitrogens with one attached hydrogen (secondary N) is 1. The van der Waals surface area contributed by atoms with Gasteiger partial charge in [0.15, 0.2) is 12.4 Å². The monoisotopic (exact) mass is 179 g/mol. The van der Waals surface area contributed by atoms with E-state index in [0.29, 0.717) is 0 Å². The number of aromatic nitrogens is 1. The van der Waals surface area contributed by atoms with Crippen LogP contribution in [0.5, 0.6) is 0 Å². The van der Waals surface area contributed by atoms with E-state index < -0.39 is 15.4 Å². The summed E-state index contributed by atoms with van der Waals surface area (Å²) in [5.41, 5.74) is 0. The van der Waals surface area contributed by atoms with Crippen LogP contribution in [0.3, 0.4) is 0 Å². The van der Waals surface area contributed by atoms with Gasteiger partial charge in [0.1, 0.15) is 0 Å². The Hall–Kier alpha value is -0.706. The minimum Gasteiger partial charge on any atom is -0.218 e. The van der Waals surface area contributed by atoms with Crippen molar-refractivity contribution in [3.63, 3.8) is 0 Å². The van der Waals surface area contributed by atoms with E-state index in [1.807, 2.05) is 30.6 Å². The molecular weight excluding hydrogens is 173 g/mol. The molecule has 0 fully saturated rings. The SMILES string of the molecule is [O]=[V](=[O])[O-].c1cc[nH+]cc1. The van der Waals surface area contributed by atoms with E-state index >= 15 is 0 Å². The van der Waals surface area contributed by atoms with Crippen LogP contribution in [0.15, 0.2) is 30.6 Å². The molecular formula is C5H6NO3V. The first-order chi connectivity index (χ1) is 4.73. The van der Waals surface area contributed by atoms with E-state index in [4.69, 9.17) is 11.4 Å². The molecule has 0 atom stereocenters. The van der Waals surface area contributed by atoms with Gasteiger partial charge in [0.25, 0.3) is 0 Å². The average molecular weight is 179 g/mol. The summed E-state index contributed by atoms with van der Waals surface area (Å²) < 4.78 is 25.7. The number of hydrogen-bond acceptors (Lipinski definition) is 3. The molecule has 0 amide bonds. The van der Waals surface area contributed by atoms with Crippen LogP contribution in [0.4, 0.5) is 0 Å². The fourth-order valence-corrected chi connectivity index (χ4v) is 0.342. The quantitative estimate of drug-likeness (QED) is 0.516. The molecule has 0 saturated heterocycles. The van der Waals surface area contributed by atoms with Gasteiger partial charge >= 0.3 is 26.8 Å². The van der Waals surface area contributed by atoms with Crippen molar-refractivity contribution >= 4 is 0 Å². The van der Waals surface area contributed by atoms with E-state index in [1.54, 1.807) is 0 Å². The molecule has 1 aromatic rings. The summed E-state index contributed by atoms with van der Waals surface area (Å²) in [6, 6.07) is 5.86. The number of hydrogen-bond donors (Lipinski definition) is 0. The van der Waals surface area contributed by atoms with E-state index in [0.717, 1.165) is 0 Å². The first kappa shape index (κ1) is 9.29.